The first kappa shape index (κ1) is 19.4. The number of amides is 2. The number of carboxylic acids is 1. The molecule has 2 fully saturated rings. The molecule has 3 rings (SSSR count). The SMILES string of the molecule is CN=C1SC(CC(=O)Nc2ccc(C(=O)O)cc2)C(=O)N1C1CCCCC1. The average Bonchev–Trinajstić information content (AvgIpc) is 2.98. The fourth-order valence-electron chi connectivity index (χ4n) is 3.53. The van der Waals surface area contributed by atoms with Gasteiger partial charge in [-0.25, -0.2) is 4.79 Å². The van der Waals surface area contributed by atoms with Crippen molar-refractivity contribution in [1.29, 1.82) is 0 Å². The number of nitrogens with one attached hydrogen (secondary N) is 1. The van der Waals surface area contributed by atoms with E-state index in [1.54, 1.807) is 11.9 Å². The van der Waals surface area contributed by atoms with Gasteiger partial charge >= 0.3 is 5.97 Å². The van der Waals surface area contributed by atoms with Crippen molar-refractivity contribution >= 4 is 40.4 Å². The number of aliphatic imine (C=N–C) groups is 1. The molecule has 1 unspecified atom stereocenters. The van der Waals surface area contributed by atoms with E-state index in [4.69, 9.17) is 5.11 Å². The Bertz CT molecular complexity index is 757. The number of aromatic carboxylic acids is 1. The van der Waals surface area contributed by atoms with E-state index in [1.165, 1.54) is 42.4 Å². The second-order valence-corrected chi connectivity index (χ2v) is 7.92. The minimum absolute atomic E-state index is 0.0381. The molecule has 2 amide bonds. The summed E-state index contributed by atoms with van der Waals surface area (Å²) < 4.78 is 0. The predicted octanol–water partition coefficient (Wildman–Crippen LogP) is 2.98. The minimum atomic E-state index is -1.02. The van der Waals surface area contributed by atoms with Gasteiger partial charge in [0.05, 0.1) is 5.56 Å². The van der Waals surface area contributed by atoms with Gasteiger partial charge in [0, 0.05) is 25.2 Å². The first-order valence-corrected chi connectivity index (χ1v) is 9.97. The standard InChI is InChI=1S/C19H23N3O4S/c1-20-19-22(14-5-3-2-4-6-14)17(24)15(27-19)11-16(23)21-13-9-7-12(8-10-13)18(25)26/h7-10,14-15H,2-6,11H2,1H3,(H,21,23)(H,25,26). The van der Waals surface area contributed by atoms with Gasteiger partial charge < -0.3 is 10.4 Å². The number of nitrogens with zero attached hydrogens (tertiary/aromatic N) is 2. The summed E-state index contributed by atoms with van der Waals surface area (Å²) >= 11 is 1.35. The maximum atomic E-state index is 12.9. The van der Waals surface area contributed by atoms with Gasteiger partial charge in [0.1, 0.15) is 5.25 Å². The molecule has 1 saturated heterocycles. The van der Waals surface area contributed by atoms with Gasteiger partial charge in [0.15, 0.2) is 5.17 Å². The number of carboxylic acid groups (broad SMARTS) is 1. The molecule has 2 aliphatic rings. The Hall–Kier alpha value is -2.35. The van der Waals surface area contributed by atoms with Crippen molar-refractivity contribution in [2.24, 2.45) is 4.99 Å². The number of benzene rings is 1. The molecule has 1 aromatic carbocycles. The molecule has 144 valence electrons. The molecule has 1 atom stereocenters. The molecule has 27 heavy (non-hydrogen) atoms. The molecular weight excluding hydrogens is 366 g/mol. The highest BCUT2D eigenvalue weighted by molar-refractivity contribution is 8.15. The number of anilines is 1. The summed E-state index contributed by atoms with van der Waals surface area (Å²) in [6, 6.07) is 6.13. The third kappa shape index (κ3) is 4.50. The van der Waals surface area contributed by atoms with Crippen molar-refractivity contribution in [3.05, 3.63) is 29.8 Å². The van der Waals surface area contributed by atoms with Gasteiger partial charge in [-0.3, -0.25) is 19.5 Å². The second kappa shape index (κ2) is 8.56. The van der Waals surface area contributed by atoms with Crippen LogP contribution in [0.1, 0.15) is 48.9 Å². The van der Waals surface area contributed by atoms with Crippen LogP contribution in [0, 0.1) is 0 Å². The molecule has 1 aliphatic carbocycles. The highest BCUT2D eigenvalue weighted by Crippen LogP contribution is 2.35. The van der Waals surface area contributed by atoms with Crippen LogP contribution in [0.4, 0.5) is 5.69 Å². The Morgan fingerprint density at radius 2 is 1.89 bits per heavy atom. The molecule has 0 bridgehead atoms. The highest BCUT2D eigenvalue weighted by atomic mass is 32.2. The van der Waals surface area contributed by atoms with Crippen LogP contribution < -0.4 is 5.32 Å². The van der Waals surface area contributed by atoms with E-state index < -0.39 is 11.2 Å². The summed E-state index contributed by atoms with van der Waals surface area (Å²) in [5.74, 6) is -1.33. The molecule has 2 N–H and O–H groups in total. The van der Waals surface area contributed by atoms with E-state index >= 15 is 0 Å². The van der Waals surface area contributed by atoms with Crippen LogP contribution in [0.5, 0.6) is 0 Å². The van der Waals surface area contributed by atoms with E-state index in [1.807, 2.05) is 0 Å². The van der Waals surface area contributed by atoms with Crippen LogP contribution in [0.3, 0.4) is 0 Å². The zero-order valence-corrected chi connectivity index (χ0v) is 16.0. The summed E-state index contributed by atoms with van der Waals surface area (Å²) in [5, 5.41) is 11.9. The van der Waals surface area contributed by atoms with Gasteiger partial charge in [-0.15, -0.1) is 0 Å². The monoisotopic (exact) mass is 389 g/mol. The zero-order chi connectivity index (χ0) is 19.4. The van der Waals surface area contributed by atoms with Crippen LogP contribution in [0.25, 0.3) is 0 Å². The van der Waals surface area contributed by atoms with Crippen molar-refractivity contribution in [2.45, 2.75) is 49.8 Å². The predicted molar refractivity (Wildman–Crippen MR) is 105 cm³/mol. The quantitative estimate of drug-likeness (QED) is 0.807. The van der Waals surface area contributed by atoms with Crippen LogP contribution in [0.15, 0.2) is 29.3 Å². The zero-order valence-electron chi connectivity index (χ0n) is 15.2. The van der Waals surface area contributed by atoms with Gasteiger partial charge in [0.25, 0.3) is 0 Å². The lowest BCUT2D eigenvalue weighted by Gasteiger charge is -2.30. The number of amidine groups is 1. The summed E-state index contributed by atoms with van der Waals surface area (Å²) in [6.07, 6.45) is 5.48. The van der Waals surface area contributed by atoms with E-state index in [-0.39, 0.29) is 29.8 Å². The van der Waals surface area contributed by atoms with Gasteiger partial charge in [0.2, 0.25) is 11.8 Å². The van der Waals surface area contributed by atoms with Gasteiger partial charge in [-0.1, -0.05) is 31.0 Å². The van der Waals surface area contributed by atoms with Crippen molar-refractivity contribution < 1.29 is 19.5 Å². The van der Waals surface area contributed by atoms with Crippen LogP contribution in [0.2, 0.25) is 0 Å². The van der Waals surface area contributed by atoms with Crippen molar-refractivity contribution in [3.8, 4) is 0 Å². The van der Waals surface area contributed by atoms with Gasteiger partial charge in [-0.05, 0) is 37.1 Å². The fraction of sp³-hybridized carbons (Fsp3) is 0.474. The Kier molecular flexibility index (Phi) is 6.15. The lowest BCUT2D eigenvalue weighted by atomic mass is 9.94. The fourth-order valence-corrected chi connectivity index (χ4v) is 4.69. The lowest BCUT2D eigenvalue weighted by molar-refractivity contribution is -0.130. The highest BCUT2D eigenvalue weighted by Gasteiger charge is 2.42. The average molecular weight is 389 g/mol. The Labute approximate surface area is 162 Å². The molecule has 7 nitrogen and oxygen atoms in total. The van der Waals surface area contributed by atoms with E-state index in [2.05, 4.69) is 10.3 Å². The largest absolute Gasteiger partial charge is 0.478 e. The molecule has 1 aliphatic heterocycles. The van der Waals surface area contributed by atoms with Crippen LogP contribution in [-0.4, -0.2) is 51.3 Å². The maximum absolute atomic E-state index is 12.9. The van der Waals surface area contributed by atoms with Crippen LogP contribution in [-0.2, 0) is 9.59 Å². The number of rotatable bonds is 5. The topological polar surface area (TPSA) is 99.1 Å². The maximum Gasteiger partial charge on any atom is 0.335 e. The van der Waals surface area contributed by atoms with E-state index in [0.29, 0.717) is 10.9 Å². The molecule has 0 radical (unpaired) electrons. The van der Waals surface area contributed by atoms with Crippen molar-refractivity contribution in [2.75, 3.05) is 12.4 Å². The van der Waals surface area contributed by atoms with E-state index in [0.717, 1.165) is 25.7 Å². The second-order valence-electron chi connectivity index (χ2n) is 6.75. The smallest absolute Gasteiger partial charge is 0.335 e. The third-order valence-corrected chi connectivity index (χ3v) is 6.13. The summed E-state index contributed by atoms with van der Waals surface area (Å²) in [6.45, 7) is 0. The van der Waals surface area contributed by atoms with Gasteiger partial charge in [-0.2, -0.15) is 0 Å². The normalized spacial score (nSPS) is 22.3. The summed E-state index contributed by atoms with van der Waals surface area (Å²) in [5.41, 5.74) is 0.662. The minimum Gasteiger partial charge on any atom is -0.478 e. The first-order chi connectivity index (χ1) is 13.0. The molecule has 1 heterocycles. The number of hydrogen-bond donors (Lipinski definition) is 2. The van der Waals surface area contributed by atoms with Crippen LogP contribution >= 0.6 is 11.8 Å². The Morgan fingerprint density at radius 1 is 1.22 bits per heavy atom. The molecule has 0 aromatic heterocycles. The summed E-state index contributed by atoms with van der Waals surface area (Å²) in [4.78, 5) is 42.2. The van der Waals surface area contributed by atoms with Crippen molar-refractivity contribution in [3.63, 3.8) is 0 Å². The Balaban J connectivity index is 1.62. The lowest BCUT2D eigenvalue weighted by Crippen LogP contribution is -2.42. The number of carbonyl (C=O) groups excluding carboxylic acids is 2. The number of carbonyl (C=O) groups is 3. The third-order valence-electron chi connectivity index (χ3n) is 4.88. The first-order valence-electron chi connectivity index (χ1n) is 9.09. The van der Waals surface area contributed by atoms with Crippen molar-refractivity contribution in [1.82, 2.24) is 4.90 Å². The molecule has 0 spiro atoms. The Morgan fingerprint density at radius 3 is 2.48 bits per heavy atom. The molecule has 8 heteroatoms. The molecular formula is C19H23N3O4S. The number of hydrogen-bond acceptors (Lipinski definition) is 5. The van der Waals surface area contributed by atoms with E-state index in [9.17, 15) is 14.4 Å². The molecule has 1 saturated carbocycles. The summed E-state index contributed by atoms with van der Waals surface area (Å²) in [7, 11) is 1.68. The molecule has 1 aromatic rings. The number of thioether (sulfide) groups is 1.